The summed E-state index contributed by atoms with van der Waals surface area (Å²) in [5.74, 6) is 1.95. The van der Waals surface area contributed by atoms with Gasteiger partial charge in [-0.15, -0.1) is 0 Å². The van der Waals surface area contributed by atoms with Crippen molar-refractivity contribution in [1.82, 2.24) is 24.7 Å². The van der Waals surface area contributed by atoms with Gasteiger partial charge in [-0.2, -0.15) is 19.6 Å². The second-order valence-corrected chi connectivity index (χ2v) is 4.93. The Morgan fingerprint density at radius 1 is 1.40 bits per heavy atom. The molecule has 0 aliphatic rings. The molecule has 0 aromatic carbocycles. The lowest BCUT2D eigenvalue weighted by Crippen LogP contribution is -2.12. The van der Waals surface area contributed by atoms with Crippen molar-refractivity contribution in [2.45, 2.75) is 26.8 Å². The molecule has 3 aromatic rings. The summed E-state index contributed by atoms with van der Waals surface area (Å²) in [5.41, 5.74) is 1.88. The van der Waals surface area contributed by atoms with Gasteiger partial charge in [0.15, 0.2) is 0 Å². The zero-order chi connectivity index (χ0) is 14.3. The number of aryl methyl sites for hydroxylation is 2. The normalized spacial score (nSPS) is 12.8. The molecule has 1 N–H and O–H groups in total. The average Bonchev–Trinajstić information content (AvgIpc) is 2.96. The van der Waals surface area contributed by atoms with E-state index in [0.29, 0.717) is 16.7 Å². The number of nitrogens with zero attached hydrogens (tertiary/aromatic N) is 5. The zero-order valence-electron chi connectivity index (χ0n) is 11.3. The van der Waals surface area contributed by atoms with E-state index in [1.165, 1.54) is 6.33 Å². The van der Waals surface area contributed by atoms with Gasteiger partial charge in [0.05, 0.1) is 11.7 Å². The minimum Gasteiger partial charge on any atom is -0.363 e. The van der Waals surface area contributed by atoms with Crippen LogP contribution < -0.4 is 5.32 Å². The maximum Gasteiger partial charge on any atom is 0.255 e. The fourth-order valence-electron chi connectivity index (χ4n) is 2.29. The highest BCUT2D eigenvalue weighted by molar-refractivity contribution is 6.29. The highest BCUT2D eigenvalue weighted by atomic mass is 35.5. The van der Waals surface area contributed by atoms with Gasteiger partial charge in [-0.25, -0.2) is 0 Å². The van der Waals surface area contributed by atoms with E-state index < -0.39 is 0 Å². The second-order valence-electron chi connectivity index (χ2n) is 4.54. The molecular formula is C12H13ClN6O. The molecule has 3 heterocycles. The molecule has 0 aliphatic carbocycles. The lowest BCUT2D eigenvalue weighted by Gasteiger charge is -2.15. The van der Waals surface area contributed by atoms with Gasteiger partial charge in [0.2, 0.25) is 0 Å². The molecule has 20 heavy (non-hydrogen) atoms. The van der Waals surface area contributed by atoms with Crippen LogP contribution in [0.5, 0.6) is 0 Å². The van der Waals surface area contributed by atoms with Crippen LogP contribution in [-0.2, 0) is 0 Å². The van der Waals surface area contributed by atoms with Gasteiger partial charge in [0.1, 0.15) is 23.1 Å². The van der Waals surface area contributed by atoms with E-state index >= 15 is 0 Å². The molecule has 0 saturated heterocycles. The van der Waals surface area contributed by atoms with Crippen LogP contribution in [0.2, 0.25) is 5.15 Å². The van der Waals surface area contributed by atoms with Gasteiger partial charge in [0.25, 0.3) is 5.78 Å². The van der Waals surface area contributed by atoms with Gasteiger partial charge in [-0.3, -0.25) is 0 Å². The summed E-state index contributed by atoms with van der Waals surface area (Å²) in [6.07, 6.45) is 1.43. The third-order valence-electron chi connectivity index (χ3n) is 3.11. The molecule has 1 atom stereocenters. The molecule has 0 aliphatic heterocycles. The van der Waals surface area contributed by atoms with Crippen LogP contribution in [0.3, 0.4) is 0 Å². The van der Waals surface area contributed by atoms with E-state index in [1.54, 1.807) is 10.6 Å². The largest absolute Gasteiger partial charge is 0.363 e. The molecule has 0 bridgehead atoms. The standard InChI is InChI=1S/C12H13ClN6O/c1-6(11-7(2)18-20-8(11)3)16-10-4-9(13)17-12-14-5-15-19(10)12/h4-6,16H,1-3H3. The predicted molar refractivity (Wildman–Crippen MR) is 73.8 cm³/mol. The minimum atomic E-state index is -0.00730. The monoisotopic (exact) mass is 292 g/mol. The molecular weight excluding hydrogens is 280 g/mol. The lowest BCUT2D eigenvalue weighted by atomic mass is 10.1. The van der Waals surface area contributed by atoms with Crippen molar-refractivity contribution < 1.29 is 4.52 Å². The SMILES string of the molecule is Cc1noc(C)c1C(C)Nc1cc(Cl)nc2ncnn12. The Hall–Kier alpha value is -2.15. The summed E-state index contributed by atoms with van der Waals surface area (Å²) >= 11 is 5.99. The Bertz CT molecular complexity index is 745. The van der Waals surface area contributed by atoms with Gasteiger partial charge in [-0.1, -0.05) is 16.8 Å². The summed E-state index contributed by atoms with van der Waals surface area (Å²) in [6.45, 7) is 5.82. The zero-order valence-corrected chi connectivity index (χ0v) is 12.0. The fraction of sp³-hybridized carbons (Fsp3) is 0.333. The molecule has 3 rings (SSSR count). The number of halogens is 1. The number of anilines is 1. The highest BCUT2D eigenvalue weighted by Crippen LogP contribution is 2.25. The first-order chi connectivity index (χ1) is 9.56. The molecule has 7 nitrogen and oxygen atoms in total. The molecule has 0 fully saturated rings. The summed E-state index contributed by atoms with van der Waals surface area (Å²) in [4.78, 5) is 8.12. The Morgan fingerprint density at radius 2 is 2.20 bits per heavy atom. The predicted octanol–water partition coefficient (Wildman–Crippen LogP) is 2.56. The van der Waals surface area contributed by atoms with Crippen molar-refractivity contribution in [3.8, 4) is 0 Å². The average molecular weight is 293 g/mol. The molecule has 3 aromatic heterocycles. The number of rotatable bonds is 3. The van der Waals surface area contributed by atoms with Crippen LogP contribution in [0.15, 0.2) is 16.9 Å². The molecule has 0 radical (unpaired) electrons. The van der Waals surface area contributed by atoms with Crippen LogP contribution in [0.4, 0.5) is 5.82 Å². The van der Waals surface area contributed by atoms with E-state index in [0.717, 1.165) is 17.0 Å². The number of fused-ring (bicyclic) bond motifs is 1. The van der Waals surface area contributed by atoms with E-state index in [9.17, 15) is 0 Å². The van der Waals surface area contributed by atoms with Crippen molar-refractivity contribution in [3.63, 3.8) is 0 Å². The number of aromatic nitrogens is 5. The topological polar surface area (TPSA) is 81.1 Å². The third kappa shape index (κ3) is 2.09. The van der Waals surface area contributed by atoms with Crippen molar-refractivity contribution in [2.24, 2.45) is 0 Å². The first-order valence-electron chi connectivity index (χ1n) is 6.12. The number of hydrogen-bond acceptors (Lipinski definition) is 6. The Kier molecular flexibility index (Phi) is 3.06. The maximum atomic E-state index is 5.99. The van der Waals surface area contributed by atoms with Crippen LogP contribution in [0.1, 0.15) is 30.0 Å². The van der Waals surface area contributed by atoms with Crippen molar-refractivity contribution >= 4 is 23.2 Å². The van der Waals surface area contributed by atoms with E-state index in [2.05, 4.69) is 25.5 Å². The molecule has 0 saturated carbocycles. The summed E-state index contributed by atoms with van der Waals surface area (Å²) in [5, 5.41) is 11.8. The van der Waals surface area contributed by atoms with Gasteiger partial charge in [-0.05, 0) is 20.8 Å². The lowest BCUT2D eigenvalue weighted by molar-refractivity contribution is 0.392. The van der Waals surface area contributed by atoms with Crippen LogP contribution in [0.25, 0.3) is 5.78 Å². The van der Waals surface area contributed by atoms with Crippen LogP contribution in [-0.4, -0.2) is 24.7 Å². The Labute approximate surface area is 120 Å². The first-order valence-corrected chi connectivity index (χ1v) is 6.49. The molecule has 0 spiro atoms. The van der Waals surface area contributed by atoms with Crippen molar-refractivity contribution in [2.75, 3.05) is 5.32 Å². The number of hydrogen-bond donors (Lipinski definition) is 1. The molecule has 104 valence electrons. The molecule has 8 heteroatoms. The van der Waals surface area contributed by atoms with Crippen molar-refractivity contribution in [1.29, 1.82) is 0 Å². The van der Waals surface area contributed by atoms with E-state index in [-0.39, 0.29) is 6.04 Å². The van der Waals surface area contributed by atoms with Gasteiger partial charge in [0, 0.05) is 11.6 Å². The van der Waals surface area contributed by atoms with E-state index in [1.807, 2.05) is 20.8 Å². The summed E-state index contributed by atoms with van der Waals surface area (Å²) in [7, 11) is 0. The first kappa shape index (κ1) is 12.9. The van der Waals surface area contributed by atoms with Gasteiger partial charge >= 0.3 is 0 Å². The number of nitrogens with one attached hydrogen (secondary N) is 1. The second kappa shape index (κ2) is 4.75. The quantitative estimate of drug-likeness (QED) is 0.747. The minimum absolute atomic E-state index is 0.00730. The smallest absolute Gasteiger partial charge is 0.255 e. The molecule has 1 unspecified atom stereocenters. The Morgan fingerprint density at radius 3 is 2.90 bits per heavy atom. The maximum absolute atomic E-state index is 5.99. The van der Waals surface area contributed by atoms with Crippen molar-refractivity contribution in [3.05, 3.63) is 34.6 Å². The van der Waals surface area contributed by atoms with Crippen LogP contribution in [0, 0.1) is 13.8 Å². The fourth-order valence-corrected chi connectivity index (χ4v) is 2.47. The van der Waals surface area contributed by atoms with Crippen LogP contribution >= 0.6 is 11.6 Å². The summed E-state index contributed by atoms with van der Waals surface area (Å²) < 4.78 is 6.78. The highest BCUT2D eigenvalue weighted by Gasteiger charge is 2.18. The van der Waals surface area contributed by atoms with E-state index in [4.69, 9.17) is 16.1 Å². The Balaban J connectivity index is 1.99. The van der Waals surface area contributed by atoms with Gasteiger partial charge < -0.3 is 9.84 Å². The summed E-state index contributed by atoms with van der Waals surface area (Å²) in [6, 6.07) is 1.70. The molecule has 0 amide bonds. The third-order valence-corrected chi connectivity index (χ3v) is 3.30.